The number of hydrazone groups is 1. The van der Waals surface area contributed by atoms with Crippen LogP contribution in [0.15, 0.2) is 87.8 Å². The molecule has 176 valence electrons. The molecular formula is C28H25N3O3S. The van der Waals surface area contributed by atoms with Crippen molar-refractivity contribution >= 4 is 34.6 Å². The molecule has 1 atom stereocenters. The van der Waals surface area contributed by atoms with Gasteiger partial charge in [-0.1, -0.05) is 36.4 Å². The Kier molecular flexibility index (Phi) is 6.42. The zero-order valence-electron chi connectivity index (χ0n) is 19.8. The molecule has 0 aliphatic carbocycles. The van der Waals surface area contributed by atoms with Crippen LogP contribution in [0, 0.1) is 6.92 Å². The molecule has 5 rings (SSSR count). The van der Waals surface area contributed by atoms with Crippen molar-refractivity contribution in [2.24, 2.45) is 10.1 Å². The van der Waals surface area contributed by atoms with Crippen molar-refractivity contribution in [3.8, 4) is 11.5 Å². The van der Waals surface area contributed by atoms with Crippen LogP contribution in [0.1, 0.15) is 34.7 Å². The summed E-state index contributed by atoms with van der Waals surface area (Å²) in [4.78, 5) is 17.7. The van der Waals surface area contributed by atoms with Crippen LogP contribution in [0.4, 0.5) is 4.79 Å². The normalized spacial score (nSPS) is 18.6. The Morgan fingerprint density at radius 2 is 1.60 bits per heavy atom. The van der Waals surface area contributed by atoms with E-state index in [0.29, 0.717) is 12.3 Å². The smallest absolute Gasteiger partial charge is 0.311 e. The highest BCUT2D eigenvalue weighted by Gasteiger charge is 2.37. The molecule has 3 aromatic rings. The van der Waals surface area contributed by atoms with Gasteiger partial charge in [0.15, 0.2) is 5.84 Å². The van der Waals surface area contributed by atoms with Crippen LogP contribution in [-0.4, -0.2) is 36.0 Å². The Bertz CT molecular complexity index is 1340. The van der Waals surface area contributed by atoms with E-state index in [-0.39, 0.29) is 11.3 Å². The number of aliphatic imine (C=N–C) groups is 1. The summed E-state index contributed by atoms with van der Waals surface area (Å²) >= 11 is 1.14. The second-order valence-corrected chi connectivity index (χ2v) is 9.27. The van der Waals surface area contributed by atoms with E-state index in [9.17, 15) is 4.79 Å². The highest BCUT2D eigenvalue weighted by atomic mass is 32.2. The number of carbonyl (C=O) groups excluding carboxylic acids is 1. The number of methoxy groups -OCH3 is 2. The lowest BCUT2D eigenvalue weighted by Crippen LogP contribution is -2.26. The third kappa shape index (κ3) is 4.72. The summed E-state index contributed by atoms with van der Waals surface area (Å²) in [6.07, 6.45) is 2.70. The summed E-state index contributed by atoms with van der Waals surface area (Å²) in [6.45, 7) is 2.06. The maximum absolute atomic E-state index is 12.5. The fourth-order valence-corrected chi connectivity index (χ4v) is 4.94. The number of nitrogens with zero attached hydrogens (tertiary/aromatic N) is 3. The largest absolute Gasteiger partial charge is 0.497 e. The molecule has 0 fully saturated rings. The Morgan fingerprint density at radius 3 is 2.26 bits per heavy atom. The summed E-state index contributed by atoms with van der Waals surface area (Å²) < 4.78 is 10.7. The molecule has 0 spiro atoms. The van der Waals surface area contributed by atoms with Gasteiger partial charge in [0.1, 0.15) is 11.5 Å². The van der Waals surface area contributed by atoms with E-state index in [4.69, 9.17) is 14.6 Å². The van der Waals surface area contributed by atoms with Crippen molar-refractivity contribution in [1.29, 1.82) is 0 Å². The Hall–Kier alpha value is -3.84. The standard InChI is InChI=1S/C28H25N3O3S/c1-18-6-4-5-7-21(18)16-26-27(29-28(32)35-26)31-25(20-10-14-23(34-3)15-11-20)17-24(30-31)19-8-12-22(33-2)13-9-19/h4-16,25H,17H2,1-3H3/b26-16-. The summed E-state index contributed by atoms with van der Waals surface area (Å²) in [5, 5.41) is 6.64. The molecule has 0 N–H and O–H groups in total. The predicted octanol–water partition coefficient (Wildman–Crippen LogP) is 6.47. The highest BCUT2D eigenvalue weighted by Crippen LogP contribution is 2.40. The first-order valence-corrected chi connectivity index (χ1v) is 12.1. The minimum absolute atomic E-state index is 0.108. The van der Waals surface area contributed by atoms with Crippen LogP contribution >= 0.6 is 11.8 Å². The lowest BCUT2D eigenvalue weighted by Gasteiger charge is -2.24. The van der Waals surface area contributed by atoms with Gasteiger partial charge >= 0.3 is 5.24 Å². The SMILES string of the molecule is COc1ccc(C2=NN(C3=NC(=O)S/C3=C\c3ccccc3C)C(c3ccc(OC)cc3)C2)cc1. The van der Waals surface area contributed by atoms with Crippen LogP contribution in [-0.2, 0) is 0 Å². The molecule has 0 saturated carbocycles. The second-order valence-electron chi connectivity index (χ2n) is 8.28. The minimum atomic E-state index is -0.235. The third-order valence-electron chi connectivity index (χ3n) is 6.14. The number of benzene rings is 3. The molecule has 2 aliphatic rings. The zero-order valence-corrected chi connectivity index (χ0v) is 20.6. The quantitative estimate of drug-likeness (QED) is 0.416. The van der Waals surface area contributed by atoms with Crippen LogP contribution in [0.5, 0.6) is 11.5 Å². The van der Waals surface area contributed by atoms with Crippen molar-refractivity contribution in [2.45, 2.75) is 19.4 Å². The number of rotatable bonds is 5. The number of ether oxygens (including phenoxy) is 2. The molecule has 2 aliphatic heterocycles. The third-order valence-corrected chi connectivity index (χ3v) is 6.93. The molecule has 2 heterocycles. The topological polar surface area (TPSA) is 63.5 Å². The van der Waals surface area contributed by atoms with Gasteiger partial charge in [-0.3, -0.25) is 4.79 Å². The van der Waals surface area contributed by atoms with Crippen molar-refractivity contribution in [2.75, 3.05) is 14.2 Å². The Morgan fingerprint density at radius 1 is 0.943 bits per heavy atom. The molecule has 6 nitrogen and oxygen atoms in total. The van der Waals surface area contributed by atoms with E-state index in [1.165, 1.54) is 0 Å². The molecule has 0 aromatic heterocycles. The van der Waals surface area contributed by atoms with E-state index in [1.807, 2.05) is 77.8 Å². The summed E-state index contributed by atoms with van der Waals surface area (Å²) in [5.41, 5.74) is 5.19. The summed E-state index contributed by atoms with van der Waals surface area (Å²) in [6, 6.07) is 23.8. The predicted molar refractivity (Wildman–Crippen MR) is 141 cm³/mol. The highest BCUT2D eigenvalue weighted by molar-refractivity contribution is 8.18. The van der Waals surface area contributed by atoms with E-state index in [0.717, 1.165) is 56.1 Å². The monoisotopic (exact) mass is 483 g/mol. The first-order chi connectivity index (χ1) is 17.1. The maximum Gasteiger partial charge on any atom is 0.311 e. The van der Waals surface area contributed by atoms with Gasteiger partial charge in [0.25, 0.3) is 0 Å². The van der Waals surface area contributed by atoms with E-state index >= 15 is 0 Å². The summed E-state index contributed by atoms with van der Waals surface area (Å²) in [7, 11) is 3.30. The summed E-state index contributed by atoms with van der Waals surface area (Å²) in [5.74, 6) is 2.16. The molecule has 0 radical (unpaired) electrons. The number of amidine groups is 1. The van der Waals surface area contributed by atoms with Crippen LogP contribution in [0.25, 0.3) is 6.08 Å². The fourth-order valence-electron chi connectivity index (χ4n) is 4.20. The van der Waals surface area contributed by atoms with Gasteiger partial charge in [-0.2, -0.15) is 10.1 Å². The maximum atomic E-state index is 12.5. The van der Waals surface area contributed by atoms with Crippen LogP contribution in [0.3, 0.4) is 0 Å². The van der Waals surface area contributed by atoms with Gasteiger partial charge in [0.05, 0.1) is 30.9 Å². The van der Waals surface area contributed by atoms with Crippen molar-refractivity contribution in [3.05, 3.63) is 100.0 Å². The molecular weight excluding hydrogens is 458 g/mol. The first-order valence-electron chi connectivity index (χ1n) is 11.3. The van der Waals surface area contributed by atoms with Gasteiger partial charge in [0.2, 0.25) is 0 Å². The van der Waals surface area contributed by atoms with Crippen molar-refractivity contribution in [1.82, 2.24) is 5.01 Å². The molecule has 0 saturated heterocycles. The second kappa shape index (κ2) is 9.80. The van der Waals surface area contributed by atoms with Gasteiger partial charge in [-0.05, 0) is 83.4 Å². The van der Waals surface area contributed by atoms with Gasteiger partial charge in [0, 0.05) is 6.42 Å². The lowest BCUT2D eigenvalue weighted by atomic mass is 9.98. The average molecular weight is 484 g/mol. The number of aryl methyl sites for hydroxylation is 1. The number of hydrogen-bond donors (Lipinski definition) is 0. The van der Waals surface area contributed by atoms with E-state index < -0.39 is 0 Å². The first kappa shape index (κ1) is 22.9. The van der Waals surface area contributed by atoms with Gasteiger partial charge in [-0.25, -0.2) is 5.01 Å². The van der Waals surface area contributed by atoms with Crippen molar-refractivity contribution in [3.63, 3.8) is 0 Å². The molecule has 7 heteroatoms. The average Bonchev–Trinajstić information content (AvgIpc) is 3.49. The Balaban J connectivity index is 1.56. The van der Waals surface area contributed by atoms with E-state index in [1.54, 1.807) is 14.2 Å². The number of hydrogen-bond acceptors (Lipinski definition) is 6. The van der Waals surface area contributed by atoms with E-state index in [2.05, 4.69) is 18.0 Å². The lowest BCUT2D eigenvalue weighted by molar-refractivity contribution is 0.267. The molecule has 3 aromatic carbocycles. The minimum Gasteiger partial charge on any atom is -0.497 e. The number of carbonyl (C=O) groups is 1. The molecule has 35 heavy (non-hydrogen) atoms. The molecule has 0 bridgehead atoms. The van der Waals surface area contributed by atoms with Crippen LogP contribution in [0.2, 0.25) is 0 Å². The fraction of sp³-hybridized carbons (Fsp3) is 0.179. The van der Waals surface area contributed by atoms with Gasteiger partial charge in [-0.15, -0.1) is 0 Å². The molecule has 1 unspecified atom stereocenters. The van der Waals surface area contributed by atoms with Crippen LogP contribution < -0.4 is 9.47 Å². The van der Waals surface area contributed by atoms with Gasteiger partial charge < -0.3 is 9.47 Å². The Labute approximate surface area is 209 Å². The van der Waals surface area contributed by atoms with Crippen molar-refractivity contribution < 1.29 is 14.3 Å². The molecule has 1 amide bonds. The number of amides is 1. The zero-order chi connectivity index (χ0) is 24.4. The number of thioether (sulfide) groups is 1.